The monoisotopic (exact) mass is 406 g/mol. The lowest BCUT2D eigenvalue weighted by Gasteiger charge is -2.17. The molecule has 0 spiro atoms. The topological polar surface area (TPSA) is 79.8 Å². The summed E-state index contributed by atoms with van der Waals surface area (Å²) < 4.78 is 11.0. The highest BCUT2D eigenvalue weighted by Crippen LogP contribution is 2.30. The molecular weight excluding hydrogens is 380 g/mol. The van der Waals surface area contributed by atoms with Crippen molar-refractivity contribution in [1.29, 1.82) is 0 Å². The summed E-state index contributed by atoms with van der Waals surface area (Å²) in [5.74, 6) is 0.484. The van der Waals surface area contributed by atoms with Gasteiger partial charge >= 0.3 is 6.03 Å². The van der Waals surface area contributed by atoms with Crippen LogP contribution < -0.4 is 15.4 Å². The van der Waals surface area contributed by atoms with Gasteiger partial charge in [0.2, 0.25) is 0 Å². The first-order valence-electron chi connectivity index (χ1n) is 9.77. The third-order valence-electron chi connectivity index (χ3n) is 4.61. The summed E-state index contributed by atoms with van der Waals surface area (Å²) in [6, 6.07) is 22.0. The zero-order valence-electron chi connectivity index (χ0n) is 17.1. The Morgan fingerprint density at radius 2 is 1.60 bits per heavy atom. The number of anilines is 2. The molecule has 3 rings (SSSR count). The van der Waals surface area contributed by atoms with E-state index in [2.05, 4.69) is 29.7 Å². The van der Waals surface area contributed by atoms with Crippen molar-refractivity contribution in [2.45, 2.75) is 26.2 Å². The molecule has 6 nitrogen and oxygen atoms in total. The van der Waals surface area contributed by atoms with Crippen LogP contribution in [-0.2, 0) is 17.8 Å². The first-order chi connectivity index (χ1) is 14.6. The van der Waals surface area contributed by atoms with Gasteiger partial charge in [-0.3, -0.25) is 0 Å². The Hall–Kier alpha value is -3.35. The number of aliphatic hydroxyl groups excluding tert-OH is 1. The van der Waals surface area contributed by atoms with Crippen molar-refractivity contribution in [3.63, 3.8) is 0 Å². The lowest BCUT2D eigenvalue weighted by molar-refractivity contribution is -0.0783. The van der Waals surface area contributed by atoms with E-state index < -0.39 is 6.29 Å². The second-order valence-corrected chi connectivity index (χ2v) is 6.74. The normalized spacial score (nSPS) is 11.6. The summed E-state index contributed by atoms with van der Waals surface area (Å²) in [7, 11) is 1.40. The minimum absolute atomic E-state index is 0.356. The van der Waals surface area contributed by atoms with E-state index in [1.54, 1.807) is 30.3 Å². The molecule has 0 aliphatic heterocycles. The van der Waals surface area contributed by atoms with Crippen LogP contribution in [0.5, 0.6) is 5.75 Å². The maximum atomic E-state index is 12.2. The van der Waals surface area contributed by atoms with Crippen LogP contribution >= 0.6 is 0 Å². The highest BCUT2D eigenvalue weighted by atomic mass is 16.6. The molecule has 3 N–H and O–H groups in total. The number of ether oxygens (including phenoxy) is 2. The van der Waals surface area contributed by atoms with Gasteiger partial charge < -0.3 is 25.2 Å². The van der Waals surface area contributed by atoms with Crippen molar-refractivity contribution in [1.82, 2.24) is 0 Å². The van der Waals surface area contributed by atoms with Crippen LogP contribution in [0.3, 0.4) is 0 Å². The van der Waals surface area contributed by atoms with Crippen molar-refractivity contribution >= 4 is 17.4 Å². The molecule has 0 saturated heterocycles. The van der Waals surface area contributed by atoms with E-state index in [9.17, 15) is 9.90 Å². The fourth-order valence-corrected chi connectivity index (χ4v) is 2.92. The average Bonchev–Trinajstić information content (AvgIpc) is 2.78. The molecule has 6 heteroatoms. The summed E-state index contributed by atoms with van der Waals surface area (Å²) in [6.45, 7) is 2.47. The molecule has 156 valence electrons. The number of urea groups is 1. The maximum absolute atomic E-state index is 12.2. The van der Waals surface area contributed by atoms with Gasteiger partial charge in [0.1, 0.15) is 12.4 Å². The summed E-state index contributed by atoms with van der Waals surface area (Å²) >= 11 is 0. The van der Waals surface area contributed by atoms with E-state index in [4.69, 9.17) is 9.47 Å². The molecule has 0 bridgehead atoms. The lowest BCUT2D eigenvalue weighted by atomic mass is 10.1. The fourth-order valence-electron chi connectivity index (χ4n) is 2.92. The van der Waals surface area contributed by atoms with Gasteiger partial charge in [-0.25, -0.2) is 4.79 Å². The molecule has 1 unspecified atom stereocenters. The maximum Gasteiger partial charge on any atom is 0.323 e. The summed E-state index contributed by atoms with van der Waals surface area (Å²) in [5, 5.41) is 15.7. The van der Waals surface area contributed by atoms with Gasteiger partial charge in [-0.2, -0.15) is 0 Å². The number of aryl methyl sites for hydroxylation is 1. The second-order valence-electron chi connectivity index (χ2n) is 6.74. The lowest BCUT2D eigenvalue weighted by Crippen LogP contribution is -2.19. The molecule has 30 heavy (non-hydrogen) atoms. The van der Waals surface area contributed by atoms with E-state index in [-0.39, 0.29) is 6.03 Å². The quantitative estimate of drug-likeness (QED) is 0.454. The predicted octanol–water partition coefficient (Wildman–Crippen LogP) is 5.11. The van der Waals surface area contributed by atoms with E-state index >= 15 is 0 Å². The number of para-hydroxylation sites is 1. The number of aliphatic hydroxyl groups is 1. The Bertz CT molecular complexity index is 959. The molecule has 0 aliphatic rings. The summed E-state index contributed by atoms with van der Waals surface area (Å²) in [4.78, 5) is 12.2. The molecule has 3 aromatic carbocycles. The van der Waals surface area contributed by atoms with E-state index in [0.717, 1.165) is 12.0 Å². The van der Waals surface area contributed by atoms with Gasteiger partial charge in [0.15, 0.2) is 6.29 Å². The molecule has 0 fully saturated rings. The molecule has 3 aromatic rings. The van der Waals surface area contributed by atoms with Gasteiger partial charge in [-0.15, -0.1) is 0 Å². The van der Waals surface area contributed by atoms with E-state index in [1.807, 2.05) is 30.3 Å². The third kappa shape index (κ3) is 5.83. The Morgan fingerprint density at radius 3 is 2.27 bits per heavy atom. The van der Waals surface area contributed by atoms with Crippen molar-refractivity contribution in [2.24, 2.45) is 0 Å². The number of rotatable bonds is 8. The van der Waals surface area contributed by atoms with Crippen molar-refractivity contribution in [2.75, 3.05) is 17.7 Å². The number of nitrogens with one attached hydrogen (secondary N) is 2. The first-order valence-corrected chi connectivity index (χ1v) is 9.77. The molecule has 0 saturated carbocycles. The Kier molecular flexibility index (Phi) is 7.43. The number of benzene rings is 3. The highest BCUT2D eigenvalue weighted by molar-refractivity contribution is 5.99. The smallest absolute Gasteiger partial charge is 0.323 e. The van der Waals surface area contributed by atoms with Crippen molar-refractivity contribution < 1.29 is 19.4 Å². The first kappa shape index (κ1) is 21.4. The van der Waals surface area contributed by atoms with Gasteiger partial charge in [0.25, 0.3) is 0 Å². The van der Waals surface area contributed by atoms with Crippen molar-refractivity contribution in [3.05, 3.63) is 89.5 Å². The Labute approximate surface area is 176 Å². The van der Waals surface area contributed by atoms with Crippen LogP contribution in [-0.4, -0.2) is 18.2 Å². The zero-order chi connectivity index (χ0) is 21.3. The molecular formula is C24H26N2O4. The predicted molar refractivity (Wildman–Crippen MR) is 118 cm³/mol. The number of hydrogen-bond acceptors (Lipinski definition) is 4. The minimum atomic E-state index is -1.18. The van der Waals surface area contributed by atoms with Crippen LogP contribution in [0.2, 0.25) is 0 Å². The van der Waals surface area contributed by atoms with E-state index in [0.29, 0.717) is 29.3 Å². The minimum Gasteiger partial charge on any atom is -0.488 e. The summed E-state index contributed by atoms with van der Waals surface area (Å²) in [6.07, 6.45) is -0.195. The van der Waals surface area contributed by atoms with Crippen LogP contribution in [0.4, 0.5) is 16.2 Å². The van der Waals surface area contributed by atoms with Gasteiger partial charge in [0.05, 0.1) is 5.56 Å². The molecule has 0 aliphatic carbocycles. The Balaban J connectivity index is 1.70. The van der Waals surface area contributed by atoms with Crippen LogP contribution in [0.1, 0.15) is 29.9 Å². The standard InChI is InChI=1S/C24H26N2O4/c1-3-17-9-11-18(12-10-17)16-30-22-14-13-20(15-21(22)23(27)29-2)26-24(28)25-19-7-5-4-6-8-19/h4-15,23,27H,3,16H2,1-2H3,(H2,25,26,28). The number of carbonyl (C=O) groups excluding carboxylic acids is 1. The molecule has 0 radical (unpaired) electrons. The molecule has 0 heterocycles. The Morgan fingerprint density at radius 1 is 0.933 bits per heavy atom. The molecule has 1 atom stereocenters. The zero-order valence-corrected chi connectivity index (χ0v) is 17.1. The van der Waals surface area contributed by atoms with E-state index in [1.165, 1.54) is 12.7 Å². The number of amides is 2. The number of methoxy groups -OCH3 is 1. The average molecular weight is 406 g/mol. The highest BCUT2D eigenvalue weighted by Gasteiger charge is 2.15. The molecule has 2 amide bonds. The second kappa shape index (κ2) is 10.4. The number of hydrogen-bond donors (Lipinski definition) is 3. The fraction of sp³-hybridized carbons (Fsp3) is 0.208. The van der Waals surface area contributed by atoms with Crippen LogP contribution in [0.15, 0.2) is 72.8 Å². The van der Waals surface area contributed by atoms with Crippen molar-refractivity contribution in [3.8, 4) is 5.75 Å². The van der Waals surface area contributed by atoms with Crippen LogP contribution in [0.25, 0.3) is 0 Å². The number of carbonyl (C=O) groups is 1. The van der Waals surface area contributed by atoms with Gasteiger partial charge in [0, 0.05) is 18.5 Å². The largest absolute Gasteiger partial charge is 0.488 e. The van der Waals surface area contributed by atoms with Gasteiger partial charge in [-0.05, 0) is 47.9 Å². The van der Waals surface area contributed by atoms with Crippen LogP contribution in [0, 0.1) is 0 Å². The van der Waals surface area contributed by atoms with Gasteiger partial charge in [-0.1, -0.05) is 49.4 Å². The summed E-state index contributed by atoms with van der Waals surface area (Å²) in [5.41, 5.74) is 3.91. The SMILES string of the molecule is CCc1ccc(COc2ccc(NC(=O)Nc3ccccc3)cc2C(O)OC)cc1. The molecule has 0 aromatic heterocycles. The third-order valence-corrected chi connectivity index (χ3v) is 4.61.